The highest BCUT2D eigenvalue weighted by Gasteiger charge is 2.34. The Labute approximate surface area is 150 Å². The molecule has 9 heteroatoms. The average molecular weight is 390 g/mol. The number of hydrogen-bond acceptors (Lipinski definition) is 5. The number of carbonyl (C=O) groups excluding carboxylic acids is 1. The second-order valence-corrected chi connectivity index (χ2v) is 9.62. The SMILES string of the molecule is O=C(CSc1ccc(F)c(F)c1)N1CCN([C@@H]2CCS(=O)(=O)C2)CC1. The summed E-state index contributed by atoms with van der Waals surface area (Å²) in [5.41, 5.74) is 0. The van der Waals surface area contributed by atoms with E-state index in [0.29, 0.717) is 37.5 Å². The lowest BCUT2D eigenvalue weighted by molar-refractivity contribution is -0.130. The molecule has 0 saturated carbocycles. The van der Waals surface area contributed by atoms with Gasteiger partial charge in [-0.3, -0.25) is 9.69 Å². The van der Waals surface area contributed by atoms with Gasteiger partial charge in [-0.2, -0.15) is 0 Å². The Morgan fingerprint density at radius 3 is 2.48 bits per heavy atom. The van der Waals surface area contributed by atoms with Crippen molar-refractivity contribution in [3.8, 4) is 0 Å². The molecular weight excluding hydrogens is 370 g/mol. The lowest BCUT2D eigenvalue weighted by atomic mass is 10.2. The molecule has 2 fully saturated rings. The van der Waals surface area contributed by atoms with Crippen LogP contribution in [0.25, 0.3) is 0 Å². The molecule has 0 aliphatic carbocycles. The Balaban J connectivity index is 1.46. The van der Waals surface area contributed by atoms with Gasteiger partial charge in [0, 0.05) is 37.1 Å². The van der Waals surface area contributed by atoms with E-state index >= 15 is 0 Å². The highest BCUT2D eigenvalue weighted by atomic mass is 32.2. The Kier molecular flexibility index (Phi) is 5.65. The third-order valence-corrected chi connectivity index (χ3v) is 7.37. The fourth-order valence-corrected chi connectivity index (χ4v) is 5.79. The topological polar surface area (TPSA) is 57.7 Å². The van der Waals surface area contributed by atoms with Crippen LogP contribution in [0.1, 0.15) is 6.42 Å². The van der Waals surface area contributed by atoms with E-state index in [-0.39, 0.29) is 29.2 Å². The van der Waals surface area contributed by atoms with Crippen LogP contribution in [0.4, 0.5) is 8.78 Å². The van der Waals surface area contributed by atoms with E-state index in [9.17, 15) is 22.0 Å². The number of halogens is 2. The van der Waals surface area contributed by atoms with Gasteiger partial charge in [0.05, 0.1) is 17.3 Å². The summed E-state index contributed by atoms with van der Waals surface area (Å²) in [6.45, 7) is 2.46. The molecule has 1 aromatic rings. The molecule has 1 amide bonds. The Bertz CT molecular complexity index is 750. The zero-order valence-electron chi connectivity index (χ0n) is 13.7. The van der Waals surface area contributed by atoms with Gasteiger partial charge in [-0.05, 0) is 24.6 Å². The first kappa shape index (κ1) is 18.6. The molecule has 3 rings (SSSR count). The first-order valence-electron chi connectivity index (χ1n) is 8.14. The van der Waals surface area contributed by atoms with Gasteiger partial charge in [0.1, 0.15) is 0 Å². The van der Waals surface area contributed by atoms with Gasteiger partial charge in [0.15, 0.2) is 21.5 Å². The van der Waals surface area contributed by atoms with Gasteiger partial charge in [0.25, 0.3) is 0 Å². The number of rotatable bonds is 4. The van der Waals surface area contributed by atoms with Crippen LogP contribution in [0.3, 0.4) is 0 Å². The van der Waals surface area contributed by atoms with Crippen molar-refractivity contribution < 1.29 is 22.0 Å². The fourth-order valence-electron chi connectivity index (χ4n) is 3.20. The number of benzene rings is 1. The van der Waals surface area contributed by atoms with E-state index in [4.69, 9.17) is 0 Å². The molecule has 2 heterocycles. The molecule has 0 radical (unpaired) electrons. The molecule has 138 valence electrons. The van der Waals surface area contributed by atoms with Gasteiger partial charge in [-0.15, -0.1) is 11.8 Å². The van der Waals surface area contributed by atoms with Gasteiger partial charge in [0.2, 0.25) is 5.91 Å². The van der Waals surface area contributed by atoms with Crippen LogP contribution in [0.15, 0.2) is 23.1 Å². The Morgan fingerprint density at radius 2 is 1.88 bits per heavy atom. The van der Waals surface area contributed by atoms with Gasteiger partial charge in [-0.25, -0.2) is 17.2 Å². The van der Waals surface area contributed by atoms with Crippen LogP contribution in [0.2, 0.25) is 0 Å². The number of hydrogen-bond donors (Lipinski definition) is 0. The standard InChI is InChI=1S/C16H20F2N2O3S2/c17-14-2-1-13(9-15(14)18)24-10-16(21)20-6-4-19(5-7-20)12-3-8-25(22,23)11-12/h1-2,9,12H,3-8,10-11H2/t12-/m1/s1. The first-order valence-corrected chi connectivity index (χ1v) is 10.9. The molecule has 1 aromatic carbocycles. The van der Waals surface area contributed by atoms with Crippen LogP contribution in [-0.2, 0) is 14.6 Å². The molecule has 1 atom stereocenters. The lowest BCUT2D eigenvalue weighted by Gasteiger charge is -2.37. The summed E-state index contributed by atoms with van der Waals surface area (Å²) in [6, 6.07) is 3.66. The molecule has 5 nitrogen and oxygen atoms in total. The summed E-state index contributed by atoms with van der Waals surface area (Å²) in [5, 5.41) is 0. The van der Waals surface area contributed by atoms with E-state index in [1.54, 1.807) is 4.90 Å². The van der Waals surface area contributed by atoms with Crippen LogP contribution in [-0.4, -0.2) is 73.6 Å². The van der Waals surface area contributed by atoms with Crippen molar-refractivity contribution >= 4 is 27.5 Å². The minimum absolute atomic E-state index is 0.0478. The molecule has 0 unspecified atom stereocenters. The molecular formula is C16H20F2N2O3S2. The normalized spacial score (nSPS) is 23.8. The zero-order valence-corrected chi connectivity index (χ0v) is 15.3. The maximum Gasteiger partial charge on any atom is 0.233 e. The van der Waals surface area contributed by atoms with E-state index < -0.39 is 21.5 Å². The monoisotopic (exact) mass is 390 g/mol. The molecule has 0 bridgehead atoms. The number of nitrogens with zero attached hydrogens (tertiary/aromatic N) is 2. The van der Waals surface area contributed by atoms with Crippen molar-refractivity contribution in [2.45, 2.75) is 17.4 Å². The van der Waals surface area contributed by atoms with Crippen LogP contribution in [0, 0.1) is 11.6 Å². The summed E-state index contributed by atoms with van der Waals surface area (Å²) in [7, 11) is -2.90. The van der Waals surface area contributed by atoms with Crippen molar-refractivity contribution in [3.63, 3.8) is 0 Å². The molecule has 0 N–H and O–H groups in total. The summed E-state index contributed by atoms with van der Waals surface area (Å²) in [5.74, 6) is -1.23. The summed E-state index contributed by atoms with van der Waals surface area (Å²) in [4.78, 5) is 16.7. The van der Waals surface area contributed by atoms with Crippen molar-refractivity contribution in [1.29, 1.82) is 0 Å². The average Bonchev–Trinajstić information content (AvgIpc) is 2.96. The predicted molar refractivity (Wildman–Crippen MR) is 92.3 cm³/mol. The second kappa shape index (κ2) is 7.59. The van der Waals surface area contributed by atoms with E-state index in [2.05, 4.69) is 4.90 Å². The number of carbonyl (C=O) groups is 1. The second-order valence-electron chi connectivity index (χ2n) is 6.34. The van der Waals surface area contributed by atoms with Crippen molar-refractivity contribution in [2.24, 2.45) is 0 Å². The first-order chi connectivity index (χ1) is 11.8. The van der Waals surface area contributed by atoms with E-state index in [0.717, 1.165) is 12.1 Å². The predicted octanol–water partition coefficient (Wildman–Crippen LogP) is 1.39. The van der Waals surface area contributed by atoms with Gasteiger partial charge < -0.3 is 4.90 Å². The Hall–Kier alpha value is -1.19. The Morgan fingerprint density at radius 1 is 1.16 bits per heavy atom. The number of thioether (sulfide) groups is 1. The van der Waals surface area contributed by atoms with Gasteiger partial charge >= 0.3 is 0 Å². The molecule has 2 aliphatic heterocycles. The van der Waals surface area contributed by atoms with E-state index in [1.165, 1.54) is 17.8 Å². The summed E-state index contributed by atoms with van der Waals surface area (Å²) >= 11 is 1.18. The highest BCUT2D eigenvalue weighted by molar-refractivity contribution is 8.00. The molecule has 0 aromatic heterocycles. The van der Waals surface area contributed by atoms with Crippen molar-refractivity contribution in [2.75, 3.05) is 43.4 Å². The quantitative estimate of drug-likeness (QED) is 0.728. The fraction of sp³-hybridized carbons (Fsp3) is 0.562. The summed E-state index contributed by atoms with van der Waals surface area (Å²) < 4.78 is 49.2. The largest absolute Gasteiger partial charge is 0.339 e. The molecule has 2 aliphatic rings. The third kappa shape index (κ3) is 4.71. The summed E-state index contributed by atoms with van der Waals surface area (Å²) in [6.07, 6.45) is 0.669. The van der Waals surface area contributed by atoms with Crippen molar-refractivity contribution in [1.82, 2.24) is 9.80 Å². The minimum Gasteiger partial charge on any atom is -0.339 e. The van der Waals surface area contributed by atoms with Crippen LogP contribution < -0.4 is 0 Å². The number of piperazine rings is 1. The molecule has 25 heavy (non-hydrogen) atoms. The third-order valence-electron chi connectivity index (χ3n) is 4.65. The van der Waals surface area contributed by atoms with Gasteiger partial charge in [-0.1, -0.05) is 0 Å². The van der Waals surface area contributed by atoms with Crippen LogP contribution in [0.5, 0.6) is 0 Å². The highest BCUT2D eigenvalue weighted by Crippen LogP contribution is 2.22. The maximum absolute atomic E-state index is 13.2. The zero-order chi connectivity index (χ0) is 18.0. The lowest BCUT2D eigenvalue weighted by Crippen LogP contribution is -2.52. The number of amides is 1. The maximum atomic E-state index is 13.2. The smallest absolute Gasteiger partial charge is 0.233 e. The minimum atomic E-state index is -2.90. The van der Waals surface area contributed by atoms with Crippen molar-refractivity contribution in [3.05, 3.63) is 29.8 Å². The van der Waals surface area contributed by atoms with Crippen LogP contribution >= 0.6 is 11.8 Å². The molecule has 0 spiro atoms. The van der Waals surface area contributed by atoms with E-state index in [1.807, 2.05) is 0 Å². The number of sulfone groups is 1. The molecule has 2 saturated heterocycles.